The Morgan fingerprint density at radius 3 is 2.21 bits per heavy atom. The van der Waals surface area contributed by atoms with E-state index in [1.165, 1.54) is 0 Å². The Bertz CT molecular complexity index is 198. The Balaban J connectivity index is 3.72. The van der Waals surface area contributed by atoms with Gasteiger partial charge in [-0.3, -0.25) is 0 Å². The second kappa shape index (κ2) is 5.33. The molecule has 0 fully saturated rings. The highest BCUT2D eigenvalue weighted by Crippen LogP contribution is 2.18. The fourth-order valence-electron chi connectivity index (χ4n) is 1.01. The molecule has 0 aliphatic rings. The SMILES string of the molecule is CC(C)(O)CCOC(C)(C)CCC#N. The van der Waals surface area contributed by atoms with E-state index in [1.807, 2.05) is 13.8 Å². The van der Waals surface area contributed by atoms with Crippen LogP contribution in [0, 0.1) is 11.3 Å². The van der Waals surface area contributed by atoms with Gasteiger partial charge in [-0.05, 0) is 40.5 Å². The van der Waals surface area contributed by atoms with E-state index in [4.69, 9.17) is 10.00 Å². The van der Waals surface area contributed by atoms with Crippen LogP contribution in [0.5, 0.6) is 0 Å². The van der Waals surface area contributed by atoms with Gasteiger partial charge in [-0.1, -0.05) is 0 Å². The van der Waals surface area contributed by atoms with Crippen molar-refractivity contribution in [2.24, 2.45) is 0 Å². The third-order valence-electron chi connectivity index (χ3n) is 2.05. The summed E-state index contributed by atoms with van der Waals surface area (Å²) in [6, 6.07) is 2.10. The maximum absolute atomic E-state index is 9.46. The van der Waals surface area contributed by atoms with Gasteiger partial charge in [-0.2, -0.15) is 5.26 Å². The number of hydrogen-bond donors (Lipinski definition) is 1. The molecule has 0 spiro atoms. The second-order valence-electron chi connectivity index (χ2n) is 4.83. The highest BCUT2D eigenvalue weighted by Gasteiger charge is 2.20. The van der Waals surface area contributed by atoms with Gasteiger partial charge in [0.25, 0.3) is 0 Å². The third kappa shape index (κ3) is 8.03. The first-order valence-electron chi connectivity index (χ1n) is 5.00. The second-order valence-corrected chi connectivity index (χ2v) is 4.83. The molecule has 0 heterocycles. The van der Waals surface area contributed by atoms with Crippen molar-refractivity contribution in [1.82, 2.24) is 0 Å². The lowest BCUT2D eigenvalue weighted by molar-refractivity contribution is -0.0491. The van der Waals surface area contributed by atoms with E-state index in [1.54, 1.807) is 13.8 Å². The Kier molecular flexibility index (Phi) is 5.11. The van der Waals surface area contributed by atoms with Crippen LogP contribution in [0.3, 0.4) is 0 Å². The first-order valence-corrected chi connectivity index (χ1v) is 5.00. The third-order valence-corrected chi connectivity index (χ3v) is 2.05. The molecule has 0 atom stereocenters. The van der Waals surface area contributed by atoms with Gasteiger partial charge in [0, 0.05) is 6.42 Å². The molecule has 0 saturated carbocycles. The van der Waals surface area contributed by atoms with E-state index in [9.17, 15) is 5.11 Å². The predicted molar refractivity (Wildman–Crippen MR) is 55.8 cm³/mol. The zero-order valence-electron chi connectivity index (χ0n) is 9.63. The predicted octanol–water partition coefficient (Wildman–Crippen LogP) is 2.25. The van der Waals surface area contributed by atoms with Crippen LogP contribution in [0.15, 0.2) is 0 Å². The van der Waals surface area contributed by atoms with Crippen molar-refractivity contribution in [3.05, 3.63) is 0 Å². The minimum atomic E-state index is -0.675. The summed E-state index contributed by atoms with van der Waals surface area (Å²) in [7, 11) is 0. The van der Waals surface area contributed by atoms with Crippen molar-refractivity contribution in [1.29, 1.82) is 5.26 Å². The van der Waals surface area contributed by atoms with E-state index < -0.39 is 5.60 Å². The molecule has 0 amide bonds. The fourth-order valence-corrected chi connectivity index (χ4v) is 1.01. The number of nitriles is 1. The smallest absolute Gasteiger partial charge is 0.0636 e. The van der Waals surface area contributed by atoms with Crippen molar-refractivity contribution in [3.63, 3.8) is 0 Å². The molecule has 1 N–H and O–H groups in total. The maximum atomic E-state index is 9.46. The standard InChI is InChI=1S/C11H21NO2/c1-10(2,13)7-9-14-11(3,4)6-5-8-12/h13H,5-7,9H2,1-4H3. The summed E-state index contributed by atoms with van der Waals surface area (Å²) in [5.74, 6) is 0. The number of rotatable bonds is 6. The molecule has 0 saturated heterocycles. The molecule has 0 aromatic rings. The van der Waals surface area contributed by atoms with E-state index in [-0.39, 0.29) is 5.60 Å². The Labute approximate surface area is 86.7 Å². The van der Waals surface area contributed by atoms with Crippen molar-refractivity contribution < 1.29 is 9.84 Å². The first-order chi connectivity index (χ1) is 6.27. The lowest BCUT2D eigenvalue weighted by atomic mass is 10.0. The highest BCUT2D eigenvalue weighted by atomic mass is 16.5. The van der Waals surface area contributed by atoms with Crippen molar-refractivity contribution >= 4 is 0 Å². The molecule has 0 bridgehead atoms. The van der Waals surface area contributed by atoms with Crippen molar-refractivity contribution in [2.75, 3.05) is 6.61 Å². The molecule has 14 heavy (non-hydrogen) atoms. The van der Waals surface area contributed by atoms with Gasteiger partial charge in [-0.15, -0.1) is 0 Å². The first kappa shape index (κ1) is 13.4. The fraction of sp³-hybridized carbons (Fsp3) is 0.909. The molecule has 0 aromatic carbocycles. The minimum Gasteiger partial charge on any atom is -0.390 e. The van der Waals surface area contributed by atoms with Crippen LogP contribution in [-0.2, 0) is 4.74 Å². The summed E-state index contributed by atoms with van der Waals surface area (Å²) in [5.41, 5.74) is -0.938. The Morgan fingerprint density at radius 1 is 1.21 bits per heavy atom. The summed E-state index contributed by atoms with van der Waals surface area (Å²) in [6.07, 6.45) is 1.86. The van der Waals surface area contributed by atoms with Crippen LogP contribution in [0.25, 0.3) is 0 Å². The molecule has 3 nitrogen and oxygen atoms in total. The van der Waals surface area contributed by atoms with Gasteiger partial charge in [0.1, 0.15) is 0 Å². The summed E-state index contributed by atoms with van der Waals surface area (Å²) < 4.78 is 5.60. The molecular formula is C11H21NO2. The summed E-state index contributed by atoms with van der Waals surface area (Å²) >= 11 is 0. The van der Waals surface area contributed by atoms with Crippen molar-refractivity contribution in [3.8, 4) is 6.07 Å². The number of aliphatic hydroxyl groups is 1. The van der Waals surface area contributed by atoms with Crippen LogP contribution in [0.1, 0.15) is 47.0 Å². The quantitative estimate of drug-likeness (QED) is 0.713. The lowest BCUT2D eigenvalue weighted by Gasteiger charge is -2.26. The normalized spacial score (nSPS) is 12.6. The topological polar surface area (TPSA) is 53.2 Å². The van der Waals surface area contributed by atoms with E-state index in [0.717, 1.165) is 6.42 Å². The molecule has 82 valence electrons. The Morgan fingerprint density at radius 2 is 1.79 bits per heavy atom. The van der Waals surface area contributed by atoms with Crippen LogP contribution in [-0.4, -0.2) is 22.9 Å². The summed E-state index contributed by atoms with van der Waals surface area (Å²) in [4.78, 5) is 0. The zero-order chi connectivity index (χ0) is 11.2. The van der Waals surface area contributed by atoms with Gasteiger partial charge in [-0.25, -0.2) is 0 Å². The van der Waals surface area contributed by atoms with E-state index >= 15 is 0 Å². The zero-order valence-corrected chi connectivity index (χ0v) is 9.63. The number of hydrogen-bond acceptors (Lipinski definition) is 3. The number of nitrogens with zero attached hydrogens (tertiary/aromatic N) is 1. The molecule has 0 unspecified atom stereocenters. The maximum Gasteiger partial charge on any atom is 0.0636 e. The summed E-state index contributed by atoms with van der Waals surface area (Å²) in [5, 5.41) is 17.9. The highest BCUT2D eigenvalue weighted by molar-refractivity contribution is 4.78. The van der Waals surface area contributed by atoms with Crippen LogP contribution >= 0.6 is 0 Å². The average Bonchev–Trinajstić information content (AvgIpc) is 1.98. The molecule has 0 aromatic heterocycles. The Hall–Kier alpha value is -0.590. The summed E-state index contributed by atoms with van der Waals surface area (Å²) in [6.45, 7) is 7.99. The molecule has 0 rings (SSSR count). The van der Waals surface area contributed by atoms with Gasteiger partial charge in [0.2, 0.25) is 0 Å². The molecule has 0 radical (unpaired) electrons. The largest absolute Gasteiger partial charge is 0.390 e. The molecular weight excluding hydrogens is 178 g/mol. The monoisotopic (exact) mass is 199 g/mol. The minimum absolute atomic E-state index is 0.263. The van der Waals surface area contributed by atoms with Gasteiger partial charge >= 0.3 is 0 Å². The van der Waals surface area contributed by atoms with Gasteiger partial charge in [0.05, 0.1) is 23.9 Å². The van der Waals surface area contributed by atoms with Crippen LogP contribution in [0.4, 0.5) is 0 Å². The van der Waals surface area contributed by atoms with Gasteiger partial charge < -0.3 is 9.84 Å². The van der Waals surface area contributed by atoms with Gasteiger partial charge in [0.15, 0.2) is 0 Å². The van der Waals surface area contributed by atoms with E-state index in [2.05, 4.69) is 6.07 Å². The van der Waals surface area contributed by atoms with Crippen molar-refractivity contribution in [2.45, 2.75) is 58.2 Å². The molecule has 0 aliphatic carbocycles. The molecule has 3 heteroatoms. The van der Waals surface area contributed by atoms with Crippen LogP contribution < -0.4 is 0 Å². The molecule has 0 aliphatic heterocycles. The van der Waals surface area contributed by atoms with E-state index in [0.29, 0.717) is 19.4 Å². The lowest BCUT2D eigenvalue weighted by Crippen LogP contribution is -2.28. The van der Waals surface area contributed by atoms with Crippen LogP contribution in [0.2, 0.25) is 0 Å². The average molecular weight is 199 g/mol. The number of ether oxygens (including phenoxy) is 1.